The molecule has 1 heterocycles. The van der Waals surface area contributed by atoms with Crippen molar-refractivity contribution in [2.24, 2.45) is 0 Å². The fraction of sp³-hybridized carbons (Fsp3) is 0.412. The molecule has 0 spiro atoms. The van der Waals surface area contributed by atoms with E-state index < -0.39 is 5.60 Å². The number of phenols is 1. The van der Waals surface area contributed by atoms with Gasteiger partial charge in [0.1, 0.15) is 5.75 Å². The van der Waals surface area contributed by atoms with Gasteiger partial charge < -0.3 is 15.5 Å². The number of thiazole rings is 1. The van der Waals surface area contributed by atoms with Crippen LogP contribution >= 0.6 is 11.3 Å². The van der Waals surface area contributed by atoms with E-state index in [2.05, 4.69) is 10.3 Å². The van der Waals surface area contributed by atoms with Crippen LogP contribution in [0.3, 0.4) is 0 Å². The van der Waals surface area contributed by atoms with Gasteiger partial charge in [-0.3, -0.25) is 4.79 Å². The Hall–Kier alpha value is -1.92. The van der Waals surface area contributed by atoms with Crippen LogP contribution in [-0.4, -0.2) is 26.7 Å². The van der Waals surface area contributed by atoms with Crippen molar-refractivity contribution >= 4 is 22.4 Å². The summed E-state index contributed by atoms with van der Waals surface area (Å²) in [5.74, 6) is -0.0215. The summed E-state index contributed by atoms with van der Waals surface area (Å²) in [6.45, 7) is 0. The lowest BCUT2D eigenvalue weighted by Gasteiger charge is -2.31. The summed E-state index contributed by atoms with van der Waals surface area (Å²) in [6.07, 6.45) is 4.57. The molecule has 1 aromatic carbocycles. The molecule has 1 saturated carbocycles. The summed E-state index contributed by atoms with van der Waals surface area (Å²) in [7, 11) is 0. The maximum Gasteiger partial charge on any atom is 0.229 e. The average Bonchev–Trinajstić information content (AvgIpc) is 2.95. The molecule has 5 nitrogen and oxygen atoms in total. The first-order valence-electron chi connectivity index (χ1n) is 7.81. The lowest BCUT2D eigenvalue weighted by atomic mass is 9.82. The van der Waals surface area contributed by atoms with E-state index in [0.29, 0.717) is 23.7 Å². The van der Waals surface area contributed by atoms with Crippen molar-refractivity contribution in [1.29, 1.82) is 0 Å². The minimum Gasteiger partial charge on any atom is -0.508 e. The monoisotopic (exact) mass is 332 g/mol. The Morgan fingerprint density at radius 2 is 2.09 bits per heavy atom. The van der Waals surface area contributed by atoms with Crippen LogP contribution in [-0.2, 0) is 4.79 Å². The molecule has 23 heavy (non-hydrogen) atoms. The third-order valence-electron chi connectivity index (χ3n) is 4.17. The van der Waals surface area contributed by atoms with Gasteiger partial charge in [0.2, 0.25) is 5.91 Å². The summed E-state index contributed by atoms with van der Waals surface area (Å²) >= 11 is 1.33. The van der Waals surface area contributed by atoms with Crippen LogP contribution in [0.4, 0.5) is 5.13 Å². The molecule has 0 unspecified atom stereocenters. The molecule has 0 aliphatic heterocycles. The van der Waals surface area contributed by atoms with E-state index in [4.69, 9.17) is 0 Å². The number of hydrogen-bond donors (Lipinski definition) is 3. The highest BCUT2D eigenvalue weighted by atomic mass is 32.1. The molecule has 0 saturated heterocycles. The third-order valence-corrected chi connectivity index (χ3v) is 4.92. The first-order valence-corrected chi connectivity index (χ1v) is 8.69. The molecule has 1 fully saturated rings. The highest BCUT2D eigenvalue weighted by Crippen LogP contribution is 2.32. The fourth-order valence-electron chi connectivity index (χ4n) is 2.98. The van der Waals surface area contributed by atoms with Crippen molar-refractivity contribution in [1.82, 2.24) is 4.98 Å². The molecule has 1 amide bonds. The Bertz CT molecular complexity index is 693. The van der Waals surface area contributed by atoms with Crippen molar-refractivity contribution in [3.05, 3.63) is 29.6 Å². The molecule has 0 bridgehead atoms. The molecule has 3 N–H and O–H groups in total. The van der Waals surface area contributed by atoms with E-state index in [1.807, 2.05) is 11.4 Å². The van der Waals surface area contributed by atoms with Crippen molar-refractivity contribution in [2.75, 3.05) is 5.32 Å². The van der Waals surface area contributed by atoms with Crippen LogP contribution < -0.4 is 5.32 Å². The number of aliphatic hydroxyl groups is 1. The molecule has 6 heteroatoms. The molecule has 3 rings (SSSR count). The van der Waals surface area contributed by atoms with E-state index in [9.17, 15) is 15.0 Å². The second kappa shape index (κ2) is 6.68. The second-order valence-corrected chi connectivity index (χ2v) is 6.96. The van der Waals surface area contributed by atoms with Crippen LogP contribution in [0, 0.1) is 0 Å². The van der Waals surface area contributed by atoms with E-state index in [1.165, 1.54) is 11.3 Å². The number of carbonyl (C=O) groups excluding carboxylic acids is 1. The Morgan fingerprint density at radius 3 is 2.83 bits per heavy atom. The topological polar surface area (TPSA) is 82.5 Å². The normalized spacial score (nSPS) is 16.9. The van der Waals surface area contributed by atoms with Gasteiger partial charge in [-0.05, 0) is 25.0 Å². The van der Waals surface area contributed by atoms with Gasteiger partial charge in [0, 0.05) is 10.9 Å². The first kappa shape index (κ1) is 16.0. The summed E-state index contributed by atoms with van der Waals surface area (Å²) in [4.78, 5) is 16.5. The number of amides is 1. The van der Waals surface area contributed by atoms with E-state index >= 15 is 0 Å². The molecule has 122 valence electrons. The molecule has 2 aromatic rings. The number of phenolic OH excluding ortho intramolecular Hbond substituents is 1. The van der Waals surface area contributed by atoms with Crippen molar-refractivity contribution in [3.63, 3.8) is 0 Å². The van der Waals surface area contributed by atoms with Gasteiger partial charge in [-0.15, -0.1) is 11.3 Å². The van der Waals surface area contributed by atoms with Gasteiger partial charge in [-0.1, -0.05) is 31.4 Å². The molecular formula is C17H20N2O3S. The summed E-state index contributed by atoms with van der Waals surface area (Å²) in [6, 6.07) is 6.83. The van der Waals surface area contributed by atoms with Crippen LogP contribution in [0.15, 0.2) is 29.6 Å². The quantitative estimate of drug-likeness (QED) is 0.800. The van der Waals surface area contributed by atoms with E-state index in [-0.39, 0.29) is 18.1 Å². The maximum absolute atomic E-state index is 12.1. The number of benzene rings is 1. The van der Waals surface area contributed by atoms with Gasteiger partial charge >= 0.3 is 0 Å². The van der Waals surface area contributed by atoms with Gasteiger partial charge in [-0.25, -0.2) is 4.98 Å². The standard InChI is InChI=1S/C17H20N2O3S/c20-13-6-4-5-12(9-13)14-11-23-16(18-14)19-15(21)10-17(22)7-2-1-3-8-17/h4-6,9,11,20,22H,1-3,7-8,10H2,(H,18,19,21). The lowest BCUT2D eigenvalue weighted by molar-refractivity contribution is -0.122. The SMILES string of the molecule is O=C(CC1(O)CCCCC1)Nc1nc(-c2cccc(O)c2)cs1. The number of carbonyl (C=O) groups is 1. The molecule has 0 atom stereocenters. The second-order valence-electron chi connectivity index (χ2n) is 6.10. The Balaban J connectivity index is 1.63. The average molecular weight is 332 g/mol. The number of anilines is 1. The minimum atomic E-state index is -0.867. The maximum atomic E-state index is 12.1. The zero-order chi connectivity index (χ0) is 16.3. The van der Waals surface area contributed by atoms with Gasteiger partial charge in [-0.2, -0.15) is 0 Å². The minimum absolute atomic E-state index is 0.119. The molecule has 1 aliphatic carbocycles. The summed E-state index contributed by atoms with van der Waals surface area (Å²) in [5, 5.41) is 25.0. The van der Waals surface area contributed by atoms with Crippen LogP contribution in [0.5, 0.6) is 5.75 Å². The Morgan fingerprint density at radius 1 is 1.30 bits per heavy atom. The molecular weight excluding hydrogens is 312 g/mol. The van der Waals surface area contributed by atoms with Crippen LogP contribution in [0.25, 0.3) is 11.3 Å². The zero-order valence-corrected chi connectivity index (χ0v) is 13.6. The molecule has 1 aromatic heterocycles. The van der Waals surface area contributed by atoms with Crippen LogP contribution in [0.1, 0.15) is 38.5 Å². The van der Waals surface area contributed by atoms with Gasteiger partial charge in [0.05, 0.1) is 17.7 Å². The first-order chi connectivity index (χ1) is 11.0. The van der Waals surface area contributed by atoms with E-state index in [0.717, 1.165) is 24.8 Å². The number of aromatic hydroxyl groups is 1. The highest BCUT2D eigenvalue weighted by molar-refractivity contribution is 7.14. The van der Waals surface area contributed by atoms with E-state index in [1.54, 1.807) is 18.2 Å². The number of nitrogens with one attached hydrogen (secondary N) is 1. The fourth-order valence-corrected chi connectivity index (χ4v) is 3.71. The van der Waals surface area contributed by atoms with Crippen LogP contribution in [0.2, 0.25) is 0 Å². The van der Waals surface area contributed by atoms with Gasteiger partial charge in [0.15, 0.2) is 5.13 Å². The molecule has 1 aliphatic rings. The van der Waals surface area contributed by atoms with Crippen molar-refractivity contribution < 1.29 is 15.0 Å². The highest BCUT2D eigenvalue weighted by Gasteiger charge is 2.31. The predicted molar refractivity (Wildman–Crippen MR) is 90.5 cm³/mol. The van der Waals surface area contributed by atoms with Crippen molar-refractivity contribution in [2.45, 2.75) is 44.1 Å². The Kier molecular flexibility index (Phi) is 4.63. The molecule has 0 radical (unpaired) electrons. The van der Waals surface area contributed by atoms with Gasteiger partial charge in [0.25, 0.3) is 0 Å². The smallest absolute Gasteiger partial charge is 0.229 e. The zero-order valence-electron chi connectivity index (χ0n) is 12.8. The number of rotatable bonds is 4. The summed E-state index contributed by atoms with van der Waals surface area (Å²) < 4.78 is 0. The number of nitrogens with zero attached hydrogens (tertiary/aromatic N) is 1. The van der Waals surface area contributed by atoms with Crippen molar-refractivity contribution in [3.8, 4) is 17.0 Å². The number of hydrogen-bond acceptors (Lipinski definition) is 5. The third kappa shape index (κ3) is 4.09. The largest absolute Gasteiger partial charge is 0.508 e. The predicted octanol–water partition coefficient (Wildman–Crippen LogP) is 3.54. The lowest BCUT2D eigenvalue weighted by Crippen LogP contribution is -2.35. The summed E-state index contributed by atoms with van der Waals surface area (Å²) in [5.41, 5.74) is 0.637. The number of aromatic nitrogens is 1. The Labute approximate surface area is 139 Å².